The third kappa shape index (κ3) is 3.15. The van der Waals surface area contributed by atoms with Crippen LogP contribution in [0.15, 0.2) is 34.1 Å². The van der Waals surface area contributed by atoms with E-state index in [2.05, 4.69) is 21.2 Å². The van der Waals surface area contributed by atoms with Gasteiger partial charge < -0.3 is 11.1 Å². The number of thiophene rings is 1. The lowest BCUT2D eigenvalue weighted by molar-refractivity contribution is 0.100. The molecule has 0 aliphatic heterocycles. The van der Waals surface area contributed by atoms with E-state index in [-0.39, 0.29) is 5.91 Å². The van der Waals surface area contributed by atoms with Crippen molar-refractivity contribution < 1.29 is 9.59 Å². The van der Waals surface area contributed by atoms with Crippen LogP contribution in [0.1, 0.15) is 20.7 Å². The monoisotopic (exact) mass is 358 g/mol. The summed E-state index contributed by atoms with van der Waals surface area (Å²) in [5, 5.41) is 5.29. The molecular formula is C12H8BrClN2O2S. The number of rotatable bonds is 3. The molecule has 2 rings (SSSR count). The van der Waals surface area contributed by atoms with Crippen LogP contribution in [-0.4, -0.2) is 11.8 Å². The average Bonchev–Trinajstić information content (AvgIpc) is 2.80. The Kier molecular flexibility index (Phi) is 4.24. The highest BCUT2D eigenvalue weighted by Gasteiger charge is 2.14. The maximum Gasteiger partial charge on any atom is 0.256 e. The zero-order valence-corrected chi connectivity index (χ0v) is 12.6. The first-order valence-corrected chi connectivity index (χ1v) is 7.18. The molecular weight excluding hydrogens is 352 g/mol. The summed E-state index contributed by atoms with van der Waals surface area (Å²) in [6.45, 7) is 0. The van der Waals surface area contributed by atoms with Gasteiger partial charge in [0.05, 0.1) is 10.6 Å². The van der Waals surface area contributed by atoms with Gasteiger partial charge in [-0.1, -0.05) is 11.6 Å². The fourth-order valence-electron chi connectivity index (χ4n) is 1.41. The Morgan fingerprint density at radius 2 is 2.05 bits per heavy atom. The van der Waals surface area contributed by atoms with Gasteiger partial charge in [-0.3, -0.25) is 9.59 Å². The number of amides is 2. The van der Waals surface area contributed by atoms with E-state index >= 15 is 0 Å². The summed E-state index contributed by atoms with van der Waals surface area (Å²) in [5.74, 6) is -0.906. The average molecular weight is 360 g/mol. The maximum atomic E-state index is 12.0. The number of benzene rings is 1. The third-order valence-corrected chi connectivity index (χ3v) is 4.38. The molecule has 1 aromatic heterocycles. The van der Waals surface area contributed by atoms with Crippen LogP contribution in [0.5, 0.6) is 0 Å². The van der Waals surface area contributed by atoms with E-state index in [0.29, 0.717) is 25.6 Å². The number of primary amides is 1. The summed E-state index contributed by atoms with van der Waals surface area (Å²) in [6.07, 6.45) is 0. The minimum atomic E-state index is -0.575. The van der Waals surface area contributed by atoms with E-state index in [4.69, 9.17) is 17.3 Å². The van der Waals surface area contributed by atoms with Crippen molar-refractivity contribution in [2.24, 2.45) is 5.73 Å². The summed E-state index contributed by atoms with van der Waals surface area (Å²) in [7, 11) is 0. The molecule has 0 atom stereocenters. The van der Waals surface area contributed by atoms with Gasteiger partial charge in [-0.05, 0) is 45.6 Å². The number of hydrogen-bond acceptors (Lipinski definition) is 3. The second-order valence-electron chi connectivity index (χ2n) is 3.61. The van der Waals surface area contributed by atoms with Crippen LogP contribution in [0.3, 0.4) is 0 Å². The molecule has 0 bridgehead atoms. The van der Waals surface area contributed by atoms with Gasteiger partial charge in [0.15, 0.2) is 0 Å². The number of hydrogen-bond donors (Lipinski definition) is 2. The summed E-state index contributed by atoms with van der Waals surface area (Å²) < 4.78 is 0.628. The van der Waals surface area contributed by atoms with Crippen molar-refractivity contribution in [2.45, 2.75) is 0 Å². The van der Waals surface area contributed by atoms with Gasteiger partial charge in [0.1, 0.15) is 5.00 Å². The fraction of sp³-hybridized carbons (Fsp3) is 0. The van der Waals surface area contributed by atoms with E-state index in [1.54, 1.807) is 29.6 Å². The Morgan fingerprint density at radius 3 is 2.68 bits per heavy atom. The number of halogens is 2. The second kappa shape index (κ2) is 5.73. The zero-order chi connectivity index (χ0) is 14.0. The van der Waals surface area contributed by atoms with Crippen LogP contribution in [-0.2, 0) is 0 Å². The quantitative estimate of drug-likeness (QED) is 0.880. The Bertz CT molecular complexity index is 657. The maximum absolute atomic E-state index is 12.0. The standard InChI is InChI=1S/C12H8BrClN2O2S/c13-8-5-6(1-2-9(8)14)11(18)16-12-7(10(15)17)3-4-19-12/h1-5H,(H2,15,17)(H,16,18). The smallest absolute Gasteiger partial charge is 0.256 e. The third-order valence-electron chi connectivity index (χ3n) is 2.34. The summed E-state index contributed by atoms with van der Waals surface area (Å²) >= 11 is 10.3. The van der Waals surface area contributed by atoms with E-state index in [0.717, 1.165) is 0 Å². The Labute approximate surface area is 126 Å². The number of carbonyl (C=O) groups excluding carboxylic acids is 2. The summed E-state index contributed by atoms with van der Waals surface area (Å²) in [5.41, 5.74) is 5.94. The molecule has 1 aromatic carbocycles. The lowest BCUT2D eigenvalue weighted by Gasteiger charge is -2.05. The van der Waals surface area contributed by atoms with E-state index in [9.17, 15) is 9.59 Å². The Morgan fingerprint density at radius 1 is 1.32 bits per heavy atom. The largest absolute Gasteiger partial charge is 0.366 e. The highest BCUT2D eigenvalue weighted by atomic mass is 79.9. The van der Waals surface area contributed by atoms with Crippen molar-refractivity contribution in [2.75, 3.05) is 5.32 Å². The predicted octanol–water partition coefficient (Wildman–Crippen LogP) is 3.52. The second-order valence-corrected chi connectivity index (χ2v) is 5.79. The molecule has 3 N–H and O–H groups in total. The predicted molar refractivity (Wildman–Crippen MR) is 79.9 cm³/mol. The fourth-order valence-corrected chi connectivity index (χ4v) is 2.70. The molecule has 0 saturated heterocycles. The van der Waals surface area contributed by atoms with Gasteiger partial charge in [0.25, 0.3) is 11.8 Å². The normalized spacial score (nSPS) is 10.2. The van der Waals surface area contributed by atoms with Gasteiger partial charge in [0.2, 0.25) is 0 Å². The van der Waals surface area contributed by atoms with Crippen LogP contribution >= 0.6 is 38.9 Å². The summed E-state index contributed by atoms with van der Waals surface area (Å²) in [4.78, 5) is 23.2. The highest BCUT2D eigenvalue weighted by Crippen LogP contribution is 2.26. The lowest BCUT2D eigenvalue weighted by atomic mass is 10.2. The Balaban J connectivity index is 2.23. The molecule has 0 saturated carbocycles. The van der Waals surface area contributed by atoms with Gasteiger partial charge in [0, 0.05) is 10.0 Å². The molecule has 0 spiro atoms. The number of carbonyl (C=O) groups is 2. The van der Waals surface area contributed by atoms with Crippen LogP contribution in [0.2, 0.25) is 5.02 Å². The zero-order valence-electron chi connectivity index (χ0n) is 9.44. The van der Waals surface area contributed by atoms with Gasteiger partial charge in [-0.2, -0.15) is 0 Å². The molecule has 0 unspecified atom stereocenters. The van der Waals surface area contributed by atoms with E-state index in [1.165, 1.54) is 11.3 Å². The van der Waals surface area contributed by atoms with Crippen molar-refractivity contribution in [3.05, 3.63) is 50.3 Å². The lowest BCUT2D eigenvalue weighted by Crippen LogP contribution is -2.16. The molecule has 19 heavy (non-hydrogen) atoms. The van der Waals surface area contributed by atoms with Crippen LogP contribution in [0, 0.1) is 0 Å². The van der Waals surface area contributed by atoms with Crippen LogP contribution < -0.4 is 11.1 Å². The first kappa shape index (κ1) is 14.0. The Hall–Kier alpha value is -1.37. The molecule has 7 heteroatoms. The van der Waals surface area contributed by atoms with Crippen molar-refractivity contribution in [3.8, 4) is 0 Å². The first-order chi connectivity index (χ1) is 8.99. The van der Waals surface area contributed by atoms with Gasteiger partial charge >= 0.3 is 0 Å². The number of nitrogens with two attached hydrogens (primary N) is 1. The SMILES string of the molecule is NC(=O)c1ccsc1NC(=O)c1ccc(Cl)c(Br)c1. The van der Waals surface area contributed by atoms with Crippen LogP contribution in [0.25, 0.3) is 0 Å². The van der Waals surface area contributed by atoms with Crippen molar-refractivity contribution >= 4 is 55.7 Å². The topological polar surface area (TPSA) is 72.2 Å². The molecule has 0 radical (unpaired) electrons. The molecule has 1 heterocycles. The highest BCUT2D eigenvalue weighted by molar-refractivity contribution is 9.10. The molecule has 2 aromatic rings. The van der Waals surface area contributed by atoms with Crippen molar-refractivity contribution in [1.29, 1.82) is 0 Å². The van der Waals surface area contributed by atoms with E-state index < -0.39 is 5.91 Å². The molecule has 4 nitrogen and oxygen atoms in total. The molecule has 0 aliphatic carbocycles. The minimum absolute atomic E-state index is 0.298. The van der Waals surface area contributed by atoms with Crippen LogP contribution in [0.4, 0.5) is 5.00 Å². The van der Waals surface area contributed by atoms with E-state index in [1.807, 2.05) is 0 Å². The number of nitrogens with one attached hydrogen (secondary N) is 1. The first-order valence-electron chi connectivity index (χ1n) is 5.12. The minimum Gasteiger partial charge on any atom is -0.366 e. The summed E-state index contributed by atoms with van der Waals surface area (Å²) in [6, 6.07) is 6.39. The molecule has 0 aliphatic rings. The molecule has 98 valence electrons. The molecule has 0 fully saturated rings. The van der Waals surface area contributed by atoms with Gasteiger partial charge in [-0.15, -0.1) is 11.3 Å². The molecule has 2 amide bonds. The van der Waals surface area contributed by atoms with Crippen molar-refractivity contribution in [3.63, 3.8) is 0 Å². The number of anilines is 1. The van der Waals surface area contributed by atoms with Crippen molar-refractivity contribution in [1.82, 2.24) is 0 Å². The van der Waals surface area contributed by atoms with Gasteiger partial charge in [-0.25, -0.2) is 0 Å².